The van der Waals surface area contributed by atoms with E-state index in [0.29, 0.717) is 28.3 Å². The lowest BCUT2D eigenvalue weighted by Crippen LogP contribution is -2.36. The Bertz CT molecular complexity index is 1250. The molecule has 3 aromatic carbocycles. The number of likely N-dealkylation sites (tertiary alicyclic amines) is 1. The van der Waals surface area contributed by atoms with Crippen LogP contribution in [0.3, 0.4) is 0 Å². The van der Waals surface area contributed by atoms with E-state index in [-0.39, 0.29) is 24.3 Å². The molecule has 0 spiro atoms. The monoisotopic (exact) mass is 468 g/mol. The molecule has 0 aromatic heterocycles. The SMILES string of the molecule is CN1CCC(Nc2ccccc2NC(=O)c2cccc(CN3C(=O)c4ccccc4C3=O)c2)CC1. The molecule has 7 heteroatoms. The Balaban J connectivity index is 1.28. The normalized spacial score (nSPS) is 16.3. The number of hydrogen-bond acceptors (Lipinski definition) is 5. The molecule has 7 nitrogen and oxygen atoms in total. The number of amides is 3. The third-order valence-electron chi connectivity index (χ3n) is 6.66. The first kappa shape index (κ1) is 22.8. The number of para-hydroxylation sites is 2. The number of rotatable bonds is 6. The van der Waals surface area contributed by atoms with E-state index in [1.807, 2.05) is 30.3 Å². The number of anilines is 2. The van der Waals surface area contributed by atoms with Crippen LogP contribution < -0.4 is 10.6 Å². The predicted molar refractivity (Wildman–Crippen MR) is 136 cm³/mol. The Morgan fingerprint density at radius 2 is 1.49 bits per heavy atom. The average molecular weight is 469 g/mol. The second-order valence-electron chi connectivity index (χ2n) is 9.16. The summed E-state index contributed by atoms with van der Waals surface area (Å²) >= 11 is 0. The summed E-state index contributed by atoms with van der Waals surface area (Å²) in [6.45, 7) is 2.21. The van der Waals surface area contributed by atoms with Gasteiger partial charge in [0.25, 0.3) is 17.7 Å². The highest BCUT2D eigenvalue weighted by atomic mass is 16.2. The first-order valence-corrected chi connectivity index (χ1v) is 11.9. The molecule has 5 rings (SSSR count). The zero-order chi connectivity index (χ0) is 24.4. The highest BCUT2D eigenvalue weighted by Crippen LogP contribution is 2.26. The van der Waals surface area contributed by atoms with Crippen LogP contribution in [0.4, 0.5) is 11.4 Å². The third kappa shape index (κ3) is 4.81. The van der Waals surface area contributed by atoms with Crippen LogP contribution in [0.15, 0.2) is 72.8 Å². The number of nitrogens with zero attached hydrogens (tertiary/aromatic N) is 2. The van der Waals surface area contributed by atoms with Crippen molar-refractivity contribution in [1.82, 2.24) is 9.80 Å². The molecular formula is C28H28N4O3. The molecule has 2 N–H and O–H groups in total. The molecule has 0 aliphatic carbocycles. The Morgan fingerprint density at radius 1 is 0.857 bits per heavy atom. The number of hydrogen-bond donors (Lipinski definition) is 2. The fourth-order valence-electron chi connectivity index (χ4n) is 4.66. The highest BCUT2D eigenvalue weighted by molar-refractivity contribution is 6.21. The molecule has 3 amide bonds. The minimum absolute atomic E-state index is 0.113. The molecule has 2 heterocycles. The number of imide groups is 1. The van der Waals surface area contributed by atoms with Crippen LogP contribution in [0.1, 0.15) is 49.5 Å². The molecule has 1 fully saturated rings. The quantitative estimate of drug-likeness (QED) is 0.529. The van der Waals surface area contributed by atoms with Gasteiger partial charge in [0, 0.05) is 11.6 Å². The average Bonchev–Trinajstić information content (AvgIpc) is 3.12. The molecule has 0 bridgehead atoms. The smallest absolute Gasteiger partial charge is 0.261 e. The van der Waals surface area contributed by atoms with Gasteiger partial charge in [-0.3, -0.25) is 19.3 Å². The second kappa shape index (κ2) is 9.72. The summed E-state index contributed by atoms with van der Waals surface area (Å²) in [6, 6.07) is 21.9. The van der Waals surface area contributed by atoms with Gasteiger partial charge in [0.1, 0.15) is 0 Å². The Kier molecular flexibility index (Phi) is 6.33. The van der Waals surface area contributed by atoms with Crippen molar-refractivity contribution in [2.75, 3.05) is 30.8 Å². The van der Waals surface area contributed by atoms with Crippen molar-refractivity contribution in [3.8, 4) is 0 Å². The first-order valence-electron chi connectivity index (χ1n) is 11.9. The summed E-state index contributed by atoms with van der Waals surface area (Å²) in [7, 11) is 2.13. The van der Waals surface area contributed by atoms with E-state index in [0.717, 1.165) is 37.3 Å². The van der Waals surface area contributed by atoms with Crippen LogP contribution in [0.5, 0.6) is 0 Å². The topological polar surface area (TPSA) is 81.8 Å². The van der Waals surface area contributed by atoms with Gasteiger partial charge in [-0.05, 0) is 74.9 Å². The van der Waals surface area contributed by atoms with Gasteiger partial charge < -0.3 is 15.5 Å². The summed E-state index contributed by atoms with van der Waals surface area (Å²) in [6.07, 6.45) is 2.11. The molecule has 0 saturated carbocycles. The highest BCUT2D eigenvalue weighted by Gasteiger charge is 2.35. The van der Waals surface area contributed by atoms with E-state index in [1.54, 1.807) is 42.5 Å². The number of fused-ring (bicyclic) bond motifs is 1. The fraction of sp³-hybridized carbons (Fsp3) is 0.250. The maximum absolute atomic E-state index is 13.1. The Hall–Kier alpha value is -3.97. The second-order valence-corrected chi connectivity index (χ2v) is 9.16. The molecule has 3 aromatic rings. The van der Waals surface area contributed by atoms with Gasteiger partial charge in [-0.25, -0.2) is 0 Å². The predicted octanol–water partition coefficient (Wildman–Crippen LogP) is 4.24. The number of piperidine rings is 1. The van der Waals surface area contributed by atoms with Gasteiger partial charge in [-0.15, -0.1) is 0 Å². The maximum Gasteiger partial charge on any atom is 0.261 e. The summed E-state index contributed by atoms with van der Waals surface area (Å²) in [5.74, 6) is -0.865. The maximum atomic E-state index is 13.1. The van der Waals surface area contributed by atoms with E-state index in [4.69, 9.17) is 0 Å². The summed E-state index contributed by atoms with van der Waals surface area (Å²) in [5.41, 5.74) is 3.64. The molecule has 2 aliphatic rings. The van der Waals surface area contributed by atoms with Crippen LogP contribution in [0.25, 0.3) is 0 Å². The number of carbonyl (C=O) groups excluding carboxylic acids is 3. The van der Waals surface area contributed by atoms with Gasteiger partial charge >= 0.3 is 0 Å². The van der Waals surface area contributed by atoms with E-state index in [9.17, 15) is 14.4 Å². The minimum Gasteiger partial charge on any atom is -0.381 e. The van der Waals surface area contributed by atoms with E-state index in [2.05, 4.69) is 22.6 Å². The summed E-state index contributed by atoms with van der Waals surface area (Å²) in [5, 5.41) is 6.60. The van der Waals surface area contributed by atoms with E-state index < -0.39 is 0 Å². The number of nitrogens with one attached hydrogen (secondary N) is 2. The van der Waals surface area contributed by atoms with Crippen molar-refractivity contribution in [3.63, 3.8) is 0 Å². The molecular weight excluding hydrogens is 440 g/mol. The summed E-state index contributed by atoms with van der Waals surface area (Å²) < 4.78 is 0. The largest absolute Gasteiger partial charge is 0.381 e. The van der Waals surface area contributed by atoms with Crippen molar-refractivity contribution >= 4 is 29.1 Å². The lowest BCUT2D eigenvalue weighted by atomic mass is 10.0. The van der Waals surface area contributed by atoms with Crippen molar-refractivity contribution in [3.05, 3.63) is 95.1 Å². The lowest BCUT2D eigenvalue weighted by Gasteiger charge is -2.30. The van der Waals surface area contributed by atoms with Gasteiger partial charge in [-0.2, -0.15) is 0 Å². The Labute approximate surface area is 204 Å². The van der Waals surface area contributed by atoms with E-state index in [1.165, 1.54) is 4.90 Å². The standard InChI is InChI=1S/C28H28N4O3/c1-31-15-13-21(14-16-31)29-24-11-4-5-12-25(24)30-26(33)20-8-6-7-19(17-20)18-32-27(34)22-9-2-3-10-23(22)28(32)35/h2-12,17,21,29H,13-16,18H2,1H3,(H,30,33). The van der Waals surface area contributed by atoms with Gasteiger partial charge in [-0.1, -0.05) is 36.4 Å². The fourth-order valence-corrected chi connectivity index (χ4v) is 4.66. The molecule has 0 radical (unpaired) electrons. The van der Waals surface area contributed by atoms with Crippen molar-refractivity contribution in [2.24, 2.45) is 0 Å². The van der Waals surface area contributed by atoms with Crippen LogP contribution in [-0.2, 0) is 6.54 Å². The first-order chi connectivity index (χ1) is 17.0. The lowest BCUT2D eigenvalue weighted by molar-refractivity contribution is 0.0642. The number of carbonyl (C=O) groups is 3. The van der Waals surface area contributed by atoms with Crippen LogP contribution >= 0.6 is 0 Å². The summed E-state index contributed by atoms with van der Waals surface area (Å²) in [4.78, 5) is 42.1. The molecule has 35 heavy (non-hydrogen) atoms. The van der Waals surface area contributed by atoms with Gasteiger partial charge in [0.15, 0.2) is 0 Å². The third-order valence-corrected chi connectivity index (χ3v) is 6.66. The Morgan fingerprint density at radius 3 is 2.17 bits per heavy atom. The molecule has 0 atom stereocenters. The number of benzene rings is 3. The zero-order valence-electron chi connectivity index (χ0n) is 19.7. The molecule has 1 saturated heterocycles. The van der Waals surface area contributed by atoms with Crippen LogP contribution in [0.2, 0.25) is 0 Å². The van der Waals surface area contributed by atoms with Crippen LogP contribution in [-0.4, -0.2) is 53.7 Å². The molecule has 2 aliphatic heterocycles. The molecule has 178 valence electrons. The molecule has 0 unspecified atom stereocenters. The van der Waals surface area contributed by atoms with Gasteiger partial charge in [0.05, 0.1) is 29.0 Å². The van der Waals surface area contributed by atoms with Crippen molar-refractivity contribution in [2.45, 2.75) is 25.4 Å². The minimum atomic E-state index is -0.311. The zero-order valence-corrected chi connectivity index (χ0v) is 19.7. The van der Waals surface area contributed by atoms with Crippen molar-refractivity contribution < 1.29 is 14.4 Å². The van der Waals surface area contributed by atoms with Gasteiger partial charge in [0.2, 0.25) is 0 Å². The van der Waals surface area contributed by atoms with Crippen molar-refractivity contribution in [1.29, 1.82) is 0 Å². The van der Waals surface area contributed by atoms with E-state index >= 15 is 0 Å². The van der Waals surface area contributed by atoms with Crippen LogP contribution in [0, 0.1) is 0 Å².